The summed E-state index contributed by atoms with van der Waals surface area (Å²) in [6, 6.07) is 14.7. The number of benzene rings is 2. The van der Waals surface area contributed by atoms with E-state index in [4.69, 9.17) is 4.74 Å². The first-order valence-electron chi connectivity index (χ1n) is 10.5. The first-order valence-corrected chi connectivity index (χ1v) is 12.4. The van der Waals surface area contributed by atoms with Gasteiger partial charge in [-0.1, -0.05) is 36.4 Å². The van der Waals surface area contributed by atoms with Crippen molar-refractivity contribution in [3.8, 4) is 0 Å². The van der Waals surface area contributed by atoms with E-state index in [2.05, 4.69) is 12.1 Å². The monoisotopic (exact) mass is 443 g/mol. The molecule has 2 aromatic carbocycles. The molecule has 0 bridgehead atoms. The lowest BCUT2D eigenvalue weighted by Crippen LogP contribution is -2.44. The molecule has 0 aliphatic carbocycles. The van der Waals surface area contributed by atoms with Crippen molar-refractivity contribution in [2.45, 2.75) is 44.1 Å². The van der Waals surface area contributed by atoms with Gasteiger partial charge in [0, 0.05) is 19.3 Å². The predicted molar refractivity (Wildman–Crippen MR) is 119 cm³/mol. The van der Waals surface area contributed by atoms with E-state index in [0.29, 0.717) is 24.6 Å². The number of hydrogen-bond acceptors (Lipinski definition) is 5. The van der Waals surface area contributed by atoms with Gasteiger partial charge in [0.25, 0.3) is 5.91 Å². The highest BCUT2D eigenvalue weighted by Crippen LogP contribution is 2.23. The maximum atomic E-state index is 12.8. The van der Waals surface area contributed by atoms with Crippen LogP contribution in [0.1, 0.15) is 41.3 Å². The number of amides is 1. The van der Waals surface area contributed by atoms with Crippen LogP contribution in [0.4, 0.5) is 0 Å². The molecule has 2 aromatic rings. The van der Waals surface area contributed by atoms with Gasteiger partial charge in [0.1, 0.15) is 0 Å². The highest BCUT2D eigenvalue weighted by atomic mass is 32.2. The zero-order valence-electron chi connectivity index (χ0n) is 18.2. The van der Waals surface area contributed by atoms with Gasteiger partial charge >= 0.3 is 5.97 Å². The quantitative estimate of drug-likeness (QED) is 0.639. The number of likely N-dealkylation sites (tertiary alicyclic amines) is 1. The molecule has 0 N–H and O–H groups in total. The van der Waals surface area contributed by atoms with E-state index < -0.39 is 21.9 Å². The number of piperidine rings is 1. The average Bonchev–Trinajstić information content (AvgIpc) is 2.74. The van der Waals surface area contributed by atoms with Crippen LogP contribution in [0, 0.1) is 12.8 Å². The smallest absolute Gasteiger partial charge is 0.339 e. The van der Waals surface area contributed by atoms with Crippen molar-refractivity contribution in [1.82, 2.24) is 4.90 Å². The second-order valence-electron chi connectivity index (χ2n) is 8.25. The van der Waals surface area contributed by atoms with Gasteiger partial charge in [0.05, 0.1) is 10.5 Å². The lowest BCUT2D eigenvalue weighted by molar-refractivity contribution is -0.141. The fourth-order valence-electron chi connectivity index (χ4n) is 3.89. The highest BCUT2D eigenvalue weighted by Gasteiger charge is 2.29. The SMILES string of the molecule is Cc1ccc(S(C)(=O)=O)cc1C(=O)OC(C)C(=O)N1CCC(Cc2ccccc2)CC1. The minimum atomic E-state index is -3.45. The van der Waals surface area contributed by atoms with Crippen LogP contribution >= 0.6 is 0 Å². The summed E-state index contributed by atoms with van der Waals surface area (Å²) in [7, 11) is -3.45. The van der Waals surface area contributed by atoms with E-state index in [1.165, 1.54) is 17.7 Å². The highest BCUT2D eigenvalue weighted by molar-refractivity contribution is 7.90. The average molecular weight is 444 g/mol. The Morgan fingerprint density at radius 2 is 1.74 bits per heavy atom. The maximum absolute atomic E-state index is 12.8. The summed E-state index contributed by atoms with van der Waals surface area (Å²) in [5.74, 6) is -0.378. The number of ether oxygens (including phenoxy) is 1. The van der Waals surface area contributed by atoms with Crippen molar-refractivity contribution in [2.24, 2.45) is 5.92 Å². The molecule has 1 aliphatic rings. The Labute approximate surface area is 184 Å². The number of sulfone groups is 1. The molecule has 0 saturated carbocycles. The van der Waals surface area contributed by atoms with Crippen molar-refractivity contribution in [2.75, 3.05) is 19.3 Å². The van der Waals surface area contributed by atoms with E-state index in [-0.39, 0.29) is 16.4 Å². The molecular formula is C24H29NO5S. The van der Waals surface area contributed by atoms with Gasteiger partial charge in [-0.2, -0.15) is 0 Å². The topological polar surface area (TPSA) is 80.7 Å². The third-order valence-electron chi connectivity index (χ3n) is 5.78. The summed E-state index contributed by atoms with van der Waals surface area (Å²) in [5.41, 5.74) is 2.06. The molecule has 31 heavy (non-hydrogen) atoms. The first-order chi connectivity index (χ1) is 14.6. The summed E-state index contributed by atoms with van der Waals surface area (Å²) in [5, 5.41) is 0. The molecule has 1 fully saturated rings. The zero-order chi connectivity index (χ0) is 22.6. The zero-order valence-corrected chi connectivity index (χ0v) is 19.0. The van der Waals surface area contributed by atoms with Gasteiger partial charge in [-0.15, -0.1) is 0 Å². The molecule has 1 atom stereocenters. The van der Waals surface area contributed by atoms with Crippen molar-refractivity contribution in [3.63, 3.8) is 0 Å². The normalized spacial score (nSPS) is 16.0. The number of esters is 1. The molecule has 1 heterocycles. The first kappa shape index (κ1) is 23.0. The van der Waals surface area contributed by atoms with Gasteiger partial charge in [-0.25, -0.2) is 13.2 Å². The van der Waals surface area contributed by atoms with E-state index in [1.54, 1.807) is 24.8 Å². The van der Waals surface area contributed by atoms with Gasteiger partial charge in [-0.05, 0) is 62.3 Å². The van der Waals surface area contributed by atoms with Crippen LogP contribution in [0.5, 0.6) is 0 Å². The van der Waals surface area contributed by atoms with E-state index >= 15 is 0 Å². The van der Waals surface area contributed by atoms with Gasteiger partial charge in [-0.3, -0.25) is 4.79 Å². The Hall–Kier alpha value is -2.67. The number of nitrogens with zero attached hydrogens (tertiary/aromatic N) is 1. The summed E-state index contributed by atoms with van der Waals surface area (Å²) < 4.78 is 29.0. The van der Waals surface area contributed by atoms with Gasteiger partial charge in [0.2, 0.25) is 0 Å². The largest absolute Gasteiger partial charge is 0.449 e. The Bertz CT molecular complexity index is 1040. The number of carbonyl (C=O) groups is 2. The molecule has 166 valence electrons. The van der Waals surface area contributed by atoms with Crippen LogP contribution in [-0.2, 0) is 25.8 Å². The maximum Gasteiger partial charge on any atom is 0.339 e. The molecule has 0 aromatic heterocycles. The van der Waals surface area contributed by atoms with Crippen molar-refractivity contribution < 1.29 is 22.7 Å². The summed E-state index contributed by atoms with van der Waals surface area (Å²) in [6.45, 7) is 4.54. The third-order valence-corrected chi connectivity index (χ3v) is 6.89. The minimum absolute atomic E-state index is 0.0458. The predicted octanol–water partition coefficient (Wildman–Crippen LogP) is 3.43. The molecule has 0 radical (unpaired) electrons. The van der Waals surface area contributed by atoms with Crippen molar-refractivity contribution in [3.05, 3.63) is 65.2 Å². The van der Waals surface area contributed by atoms with E-state index in [9.17, 15) is 18.0 Å². The van der Waals surface area contributed by atoms with Gasteiger partial charge < -0.3 is 9.64 Å². The van der Waals surface area contributed by atoms with E-state index in [1.807, 2.05) is 18.2 Å². The molecule has 3 rings (SSSR count). The molecule has 1 aliphatic heterocycles. The molecule has 1 saturated heterocycles. The molecule has 7 heteroatoms. The van der Waals surface area contributed by atoms with Crippen LogP contribution in [0.15, 0.2) is 53.4 Å². The van der Waals surface area contributed by atoms with Crippen LogP contribution in [-0.4, -0.2) is 50.6 Å². The summed E-state index contributed by atoms with van der Waals surface area (Å²) >= 11 is 0. The minimum Gasteiger partial charge on any atom is -0.449 e. The summed E-state index contributed by atoms with van der Waals surface area (Å²) in [4.78, 5) is 27.2. The number of hydrogen-bond donors (Lipinski definition) is 0. The molecule has 0 spiro atoms. The fraction of sp³-hybridized carbons (Fsp3) is 0.417. The lowest BCUT2D eigenvalue weighted by Gasteiger charge is -2.33. The second-order valence-corrected chi connectivity index (χ2v) is 10.3. The molecule has 1 unspecified atom stereocenters. The Kier molecular flexibility index (Phi) is 7.15. The molecular weight excluding hydrogens is 414 g/mol. The Morgan fingerprint density at radius 3 is 2.35 bits per heavy atom. The van der Waals surface area contributed by atoms with Crippen LogP contribution in [0.2, 0.25) is 0 Å². The van der Waals surface area contributed by atoms with Crippen LogP contribution in [0.3, 0.4) is 0 Å². The number of aryl methyl sites for hydroxylation is 1. The molecule has 1 amide bonds. The summed E-state index contributed by atoms with van der Waals surface area (Å²) in [6.07, 6.45) is 2.98. The van der Waals surface area contributed by atoms with Crippen molar-refractivity contribution >= 4 is 21.7 Å². The second kappa shape index (κ2) is 9.64. The van der Waals surface area contributed by atoms with Crippen molar-refractivity contribution in [1.29, 1.82) is 0 Å². The van der Waals surface area contributed by atoms with Crippen LogP contribution < -0.4 is 0 Å². The van der Waals surface area contributed by atoms with Gasteiger partial charge in [0.15, 0.2) is 15.9 Å². The Morgan fingerprint density at radius 1 is 1.10 bits per heavy atom. The number of carbonyl (C=O) groups excluding carboxylic acids is 2. The fourth-order valence-corrected chi connectivity index (χ4v) is 4.54. The standard InChI is InChI=1S/C24H29NO5S/c1-17-9-10-21(31(3,28)29)16-22(17)24(27)30-18(2)23(26)25-13-11-20(12-14-25)15-19-7-5-4-6-8-19/h4-10,16,18,20H,11-15H2,1-3H3. The van der Waals surface area contributed by atoms with E-state index in [0.717, 1.165) is 25.5 Å². The third kappa shape index (κ3) is 5.94. The Balaban J connectivity index is 1.57. The lowest BCUT2D eigenvalue weighted by atomic mass is 9.90. The number of rotatable bonds is 6. The van der Waals surface area contributed by atoms with Crippen LogP contribution in [0.25, 0.3) is 0 Å². The molecule has 6 nitrogen and oxygen atoms in total.